The highest BCUT2D eigenvalue weighted by Gasteiger charge is 2.18. The van der Waals surface area contributed by atoms with Gasteiger partial charge in [0.2, 0.25) is 0 Å². The summed E-state index contributed by atoms with van der Waals surface area (Å²) in [6, 6.07) is 0. The van der Waals surface area contributed by atoms with Crippen molar-refractivity contribution < 1.29 is 14.6 Å². The van der Waals surface area contributed by atoms with Gasteiger partial charge in [-0.05, 0) is 25.7 Å². The second-order valence-electron chi connectivity index (χ2n) is 2.96. The minimum atomic E-state index is -0.407. The molecule has 0 saturated heterocycles. The van der Waals surface area contributed by atoms with E-state index in [4.69, 9.17) is 9.84 Å². The molecule has 0 unspecified atom stereocenters. The van der Waals surface area contributed by atoms with Gasteiger partial charge in [-0.2, -0.15) is 0 Å². The maximum absolute atomic E-state index is 10.9. The SMILES string of the molecule is O=C(NCCO)OC1CCCC1. The molecular formula is C8H15NO3. The first kappa shape index (κ1) is 9.32. The summed E-state index contributed by atoms with van der Waals surface area (Å²) in [5, 5.41) is 10.9. The average molecular weight is 173 g/mol. The smallest absolute Gasteiger partial charge is 0.407 e. The van der Waals surface area contributed by atoms with Crippen molar-refractivity contribution in [2.45, 2.75) is 31.8 Å². The number of amides is 1. The van der Waals surface area contributed by atoms with Gasteiger partial charge in [0.05, 0.1) is 6.61 Å². The van der Waals surface area contributed by atoms with Crippen molar-refractivity contribution in [1.29, 1.82) is 0 Å². The van der Waals surface area contributed by atoms with Crippen molar-refractivity contribution in [2.75, 3.05) is 13.2 Å². The standard InChI is InChI=1S/C8H15NO3/c10-6-5-9-8(11)12-7-3-1-2-4-7/h7,10H,1-6H2,(H,9,11). The Morgan fingerprint density at radius 3 is 2.75 bits per heavy atom. The normalized spacial score (nSPS) is 17.8. The molecule has 1 aliphatic carbocycles. The van der Waals surface area contributed by atoms with E-state index >= 15 is 0 Å². The number of alkyl carbamates (subject to hydrolysis) is 1. The molecule has 0 aliphatic heterocycles. The molecular weight excluding hydrogens is 158 g/mol. The Kier molecular flexibility index (Phi) is 3.87. The van der Waals surface area contributed by atoms with Crippen LogP contribution in [0.5, 0.6) is 0 Å². The quantitative estimate of drug-likeness (QED) is 0.658. The molecule has 0 heterocycles. The Labute approximate surface area is 71.9 Å². The highest BCUT2D eigenvalue weighted by Crippen LogP contribution is 2.20. The predicted octanol–water partition coefficient (Wildman–Crippen LogP) is 0.647. The topological polar surface area (TPSA) is 58.6 Å². The summed E-state index contributed by atoms with van der Waals surface area (Å²) in [6.45, 7) is 0.227. The molecule has 0 aromatic rings. The zero-order chi connectivity index (χ0) is 8.81. The summed E-state index contributed by atoms with van der Waals surface area (Å²) in [6.07, 6.45) is 3.95. The molecule has 2 N–H and O–H groups in total. The number of carbonyl (C=O) groups excluding carboxylic acids is 1. The molecule has 0 radical (unpaired) electrons. The first-order chi connectivity index (χ1) is 5.83. The fourth-order valence-corrected chi connectivity index (χ4v) is 1.36. The van der Waals surface area contributed by atoms with Crippen molar-refractivity contribution >= 4 is 6.09 Å². The van der Waals surface area contributed by atoms with Crippen molar-refractivity contribution in [2.24, 2.45) is 0 Å². The highest BCUT2D eigenvalue weighted by molar-refractivity contribution is 5.67. The van der Waals surface area contributed by atoms with E-state index in [2.05, 4.69) is 5.32 Å². The summed E-state index contributed by atoms with van der Waals surface area (Å²) < 4.78 is 5.05. The fourth-order valence-electron chi connectivity index (χ4n) is 1.36. The molecule has 1 fully saturated rings. The molecule has 1 amide bonds. The van der Waals surface area contributed by atoms with Gasteiger partial charge in [0.1, 0.15) is 6.10 Å². The molecule has 0 aromatic carbocycles. The van der Waals surface area contributed by atoms with Crippen LogP contribution in [0.4, 0.5) is 4.79 Å². The first-order valence-corrected chi connectivity index (χ1v) is 4.38. The van der Waals surface area contributed by atoms with Gasteiger partial charge in [0.25, 0.3) is 0 Å². The third-order valence-corrected chi connectivity index (χ3v) is 1.96. The van der Waals surface area contributed by atoms with Gasteiger partial charge in [-0.25, -0.2) is 4.79 Å². The number of hydrogen-bond acceptors (Lipinski definition) is 3. The zero-order valence-corrected chi connectivity index (χ0v) is 7.08. The fraction of sp³-hybridized carbons (Fsp3) is 0.875. The van der Waals surface area contributed by atoms with Crippen molar-refractivity contribution in [3.8, 4) is 0 Å². The second-order valence-corrected chi connectivity index (χ2v) is 2.96. The Morgan fingerprint density at radius 2 is 2.17 bits per heavy atom. The molecule has 4 heteroatoms. The Hall–Kier alpha value is -0.770. The lowest BCUT2D eigenvalue weighted by Crippen LogP contribution is -2.30. The van der Waals surface area contributed by atoms with Crippen LogP contribution in [0.15, 0.2) is 0 Å². The number of aliphatic hydroxyl groups excluding tert-OH is 1. The third kappa shape index (κ3) is 3.09. The number of aliphatic hydroxyl groups is 1. The first-order valence-electron chi connectivity index (χ1n) is 4.38. The van der Waals surface area contributed by atoms with E-state index in [-0.39, 0.29) is 19.3 Å². The van der Waals surface area contributed by atoms with Crippen molar-refractivity contribution in [3.05, 3.63) is 0 Å². The van der Waals surface area contributed by atoms with E-state index in [9.17, 15) is 4.79 Å². The van der Waals surface area contributed by atoms with E-state index < -0.39 is 6.09 Å². The van der Waals surface area contributed by atoms with Gasteiger partial charge in [-0.3, -0.25) is 0 Å². The maximum atomic E-state index is 10.9. The zero-order valence-electron chi connectivity index (χ0n) is 7.08. The van der Waals surface area contributed by atoms with Crippen LogP contribution in [-0.2, 0) is 4.74 Å². The molecule has 1 aliphatic rings. The van der Waals surface area contributed by atoms with E-state index in [0.717, 1.165) is 25.7 Å². The van der Waals surface area contributed by atoms with Crippen LogP contribution in [-0.4, -0.2) is 30.5 Å². The minimum absolute atomic E-state index is 0.0419. The third-order valence-electron chi connectivity index (χ3n) is 1.96. The van der Waals surface area contributed by atoms with Crippen LogP contribution >= 0.6 is 0 Å². The van der Waals surface area contributed by atoms with Gasteiger partial charge < -0.3 is 15.2 Å². The van der Waals surface area contributed by atoms with Crippen LogP contribution in [0.1, 0.15) is 25.7 Å². The number of ether oxygens (including phenoxy) is 1. The maximum Gasteiger partial charge on any atom is 0.407 e. The lowest BCUT2D eigenvalue weighted by Gasteiger charge is -2.11. The molecule has 12 heavy (non-hydrogen) atoms. The number of hydrogen-bond donors (Lipinski definition) is 2. The molecule has 0 spiro atoms. The number of rotatable bonds is 3. The van der Waals surface area contributed by atoms with Crippen LogP contribution in [0.2, 0.25) is 0 Å². The number of nitrogens with one attached hydrogen (secondary N) is 1. The summed E-state index contributed by atoms with van der Waals surface area (Å²) in [5.74, 6) is 0. The van der Waals surface area contributed by atoms with Crippen LogP contribution in [0.3, 0.4) is 0 Å². The summed E-state index contributed by atoms with van der Waals surface area (Å²) >= 11 is 0. The van der Waals surface area contributed by atoms with E-state index in [1.807, 2.05) is 0 Å². The molecule has 0 atom stereocenters. The van der Waals surface area contributed by atoms with Crippen LogP contribution in [0.25, 0.3) is 0 Å². The van der Waals surface area contributed by atoms with Gasteiger partial charge in [0, 0.05) is 6.54 Å². The van der Waals surface area contributed by atoms with Crippen molar-refractivity contribution in [1.82, 2.24) is 5.32 Å². The van der Waals surface area contributed by atoms with Gasteiger partial charge >= 0.3 is 6.09 Å². The lowest BCUT2D eigenvalue weighted by molar-refractivity contribution is 0.0993. The van der Waals surface area contributed by atoms with Crippen LogP contribution < -0.4 is 5.32 Å². The predicted molar refractivity (Wildman–Crippen MR) is 43.8 cm³/mol. The monoisotopic (exact) mass is 173 g/mol. The molecule has 0 aromatic heterocycles. The van der Waals surface area contributed by atoms with Gasteiger partial charge in [0.15, 0.2) is 0 Å². The number of carbonyl (C=O) groups is 1. The Balaban J connectivity index is 2.08. The Bertz CT molecular complexity index is 143. The average Bonchev–Trinajstić information content (AvgIpc) is 2.53. The Morgan fingerprint density at radius 1 is 1.50 bits per heavy atom. The van der Waals surface area contributed by atoms with Gasteiger partial charge in [-0.15, -0.1) is 0 Å². The largest absolute Gasteiger partial charge is 0.446 e. The summed E-state index contributed by atoms with van der Waals surface area (Å²) in [7, 11) is 0. The van der Waals surface area contributed by atoms with E-state index in [0.29, 0.717) is 0 Å². The molecule has 1 rings (SSSR count). The summed E-state index contributed by atoms with van der Waals surface area (Å²) in [4.78, 5) is 10.9. The molecule has 0 bridgehead atoms. The molecule has 70 valence electrons. The molecule has 1 saturated carbocycles. The van der Waals surface area contributed by atoms with E-state index in [1.165, 1.54) is 0 Å². The summed E-state index contributed by atoms with van der Waals surface area (Å²) in [5.41, 5.74) is 0. The van der Waals surface area contributed by atoms with Crippen LogP contribution in [0, 0.1) is 0 Å². The second kappa shape index (κ2) is 4.98. The van der Waals surface area contributed by atoms with Gasteiger partial charge in [-0.1, -0.05) is 0 Å². The molecule has 4 nitrogen and oxygen atoms in total. The lowest BCUT2D eigenvalue weighted by atomic mass is 10.3. The minimum Gasteiger partial charge on any atom is -0.446 e. The van der Waals surface area contributed by atoms with Crippen molar-refractivity contribution in [3.63, 3.8) is 0 Å². The highest BCUT2D eigenvalue weighted by atomic mass is 16.6. The van der Waals surface area contributed by atoms with E-state index in [1.54, 1.807) is 0 Å².